The van der Waals surface area contributed by atoms with E-state index in [4.69, 9.17) is 0 Å². The van der Waals surface area contributed by atoms with Crippen molar-refractivity contribution < 1.29 is 78.9 Å². The van der Waals surface area contributed by atoms with E-state index < -0.39 is 24.3 Å². The first kappa shape index (κ1) is 30.0. The van der Waals surface area contributed by atoms with Gasteiger partial charge in [-0.05, 0) is 0 Å². The largest absolute Gasteiger partial charge is 1.00 e. The summed E-state index contributed by atoms with van der Waals surface area (Å²) in [6, 6.07) is 0. The van der Waals surface area contributed by atoms with Crippen LogP contribution in [0.1, 0.15) is 0 Å². The molecular formula is C6H14N4Na2O4. The summed E-state index contributed by atoms with van der Waals surface area (Å²) in [6.07, 6.45) is -2.69. The van der Waals surface area contributed by atoms with Crippen LogP contribution >= 0.6 is 0 Å². The first-order chi connectivity index (χ1) is 6.29. The van der Waals surface area contributed by atoms with Crippen molar-refractivity contribution in [3.63, 3.8) is 0 Å². The fraction of sp³-hybridized carbons (Fsp3) is 0.333. The summed E-state index contributed by atoms with van der Waals surface area (Å²) in [6.45, 7) is 6.00. The summed E-state index contributed by atoms with van der Waals surface area (Å²) in [5.41, 5.74) is 18.2. The maximum atomic E-state index is 9.34. The minimum Gasteiger partial charge on any atom is -0.547 e. The van der Waals surface area contributed by atoms with Gasteiger partial charge in [-0.2, -0.15) is 0 Å². The second-order valence-corrected chi connectivity index (χ2v) is 1.69. The van der Waals surface area contributed by atoms with Crippen LogP contribution in [0.4, 0.5) is 0 Å². The fourth-order valence-corrected chi connectivity index (χ4v) is 0. The second-order valence-electron chi connectivity index (χ2n) is 1.69. The Bertz CT molecular complexity index is 162. The molecule has 0 aromatic rings. The van der Waals surface area contributed by atoms with Gasteiger partial charge in [0, 0.05) is 0 Å². The Balaban J connectivity index is -0.0000000393. The van der Waals surface area contributed by atoms with Gasteiger partial charge in [0.15, 0.2) is 0 Å². The first-order valence-electron chi connectivity index (χ1n) is 3.23. The topological polar surface area (TPSA) is 184 Å². The third-order valence-corrected chi connectivity index (χ3v) is 0.544. The van der Waals surface area contributed by atoms with E-state index in [1.807, 2.05) is 0 Å². The summed E-state index contributed by atoms with van der Waals surface area (Å²) in [5, 5.41) is 18.7. The van der Waals surface area contributed by atoms with E-state index >= 15 is 0 Å². The molecule has 16 heavy (non-hydrogen) atoms. The van der Waals surface area contributed by atoms with Crippen molar-refractivity contribution in [2.75, 3.05) is 0 Å². The monoisotopic (exact) mass is 252 g/mol. The van der Waals surface area contributed by atoms with Gasteiger partial charge in [0.1, 0.15) is 0 Å². The van der Waals surface area contributed by atoms with Gasteiger partial charge in [-0.25, -0.2) is 0 Å². The number of carboxylic acids is 2. The average molecular weight is 252 g/mol. The zero-order valence-corrected chi connectivity index (χ0v) is 13.5. The standard InChI is InChI=1S/2C2H6N2O2.C2H4.2Na/c2*3-1(4)2(5)6;1-2;;/h2*1H,3-4H2,(H,5,6);1-2H2;;/q;;;2*+1/p-2. The van der Waals surface area contributed by atoms with Gasteiger partial charge in [0.05, 0.1) is 24.3 Å². The van der Waals surface area contributed by atoms with Gasteiger partial charge in [0.2, 0.25) is 0 Å². The maximum Gasteiger partial charge on any atom is 1.00 e. The van der Waals surface area contributed by atoms with E-state index in [0.717, 1.165) is 0 Å². The molecule has 0 aliphatic carbocycles. The number of nitrogens with two attached hydrogens (primary N) is 4. The predicted molar refractivity (Wildman–Crippen MR) is 45.6 cm³/mol. The van der Waals surface area contributed by atoms with Crippen LogP contribution in [0.15, 0.2) is 13.2 Å². The molecule has 0 amide bonds. The minimum atomic E-state index is -1.44. The van der Waals surface area contributed by atoms with Crippen LogP contribution in [0.25, 0.3) is 0 Å². The molecule has 0 saturated heterocycles. The van der Waals surface area contributed by atoms with Gasteiger partial charge in [-0.15, -0.1) is 13.2 Å². The molecule has 0 atom stereocenters. The molecule has 0 fully saturated rings. The number of rotatable bonds is 2. The van der Waals surface area contributed by atoms with E-state index in [-0.39, 0.29) is 59.1 Å². The number of hydrogen-bond acceptors (Lipinski definition) is 8. The quantitative estimate of drug-likeness (QED) is 0.212. The Hall–Kier alpha value is 0.520. The molecular weight excluding hydrogens is 238 g/mol. The van der Waals surface area contributed by atoms with Gasteiger partial charge in [-0.1, -0.05) is 0 Å². The molecule has 0 aromatic heterocycles. The average Bonchev–Trinajstić information content (AvgIpc) is 2.08. The summed E-state index contributed by atoms with van der Waals surface area (Å²) < 4.78 is 0. The van der Waals surface area contributed by atoms with Crippen LogP contribution in [-0.4, -0.2) is 24.3 Å². The van der Waals surface area contributed by atoms with Crippen LogP contribution in [0.5, 0.6) is 0 Å². The number of carbonyl (C=O) groups excluding carboxylic acids is 2. The van der Waals surface area contributed by atoms with Crippen LogP contribution in [0.2, 0.25) is 0 Å². The SMILES string of the molecule is C=C.NC(N)C(=O)[O-].NC(N)C(=O)[O-].[Na+].[Na+]. The predicted octanol–water partition coefficient (Wildman–Crippen LogP) is -11.2. The third kappa shape index (κ3) is 36.6. The zero-order chi connectivity index (χ0) is 12.3. The van der Waals surface area contributed by atoms with Crippen LogP contribution < -0.4 is 92.3 Å². The molecule has 0 aliphatic rings. The number of carbonyl (C=O) groups is 2. The molecule has 84 valence electrons. The second kappa shape index (κ2) is 20.9. The molecule has 10 heteroatoms. The molecule has 0 bridgehead atoms. The molecule has 0 aromatic carbocycles. The number of hydrogen-bond donors (Lipinski definition) is 4. The molecule has 0 unspecified atom stereocenters. The third-order valence-electron chi connectivity index (χ3n) is 0.544. The van der Waals surface area contributed by atoms with Crippen LogP contribution in [-0.2, 0) is 9.59 Å². The van der Waals surface area contributed by atoms with E-state index in [1.165, 1.54) is 0 Å². The van der Waals surface area contributed by atoms with Gasteiger partial charge in [-0.3, -0.25) is 0 Å². The summed E-state index contributed by atoms with van der Waals surface area (Å²) in [5.74, 6) is -2.87. The number of carboxylic acid groups (broad SMARTS) is 2. The van der Waals surface area contributed by atoms with Gasteiger partial charge in [0.25, 0.3) is 0 Å². The molecule has 0 heterocycles. The summed E-state index contributed by atoms with van der Waals surface area (Å²) in [4.78, 5) is 18.7. The van der Waals surface area contributed by atoms with E-state index in [2.05, 4.69) is 36.1 Å². The van der Waals surface area contributed by atoms with Crippen molar-refractivity contribution in [1.82, 2.24) is 0 Å². The molecule has 0 aliphatic heterocycles. The van der Waals surface area contributed by atoms with Crippen molar-refractivity contribution in [1.29, 1.82) is 0 Å². The molecule has 0 radical (unpaired) electrons. The van der Waals surface area contributed by atoms with Crippen LogP contribution in [0, 0.1) is 0 Å². The summed E-state index contributed by atoms with van der Waals surface area (Å²) >= 11 is 0. The normalized spacial score (nSPS) is 7.12. The zero-order valence-electron chi connectivity index (χ0n) is 9.51. The molecule has 8 nitrogen and oxygen atoms in total. The molecule has 8 N–H and O–H groups in total. The van der Waals surface area contributed by atoms with Crippen molar-refractivity contribution >= 4 is 11.9 Å². The van der Waals surface area contributed by atoms with Gasteiger partial charge < -0.3 is 42.7 Å². The van der Waals surface area contributed by atoms with E-state index in [1.54, 1.807) is 0 Å². The molecule has 0 spiro atoms. The van der Waals surface area contributed by atoms with Crippen molar-refractivity contribution in [2.24, 2.45) is 22.9 Å². The maximum absolute atomic E-state index is 9.34. The van der Waals surface area contributed by atoms with Crippen molar-refractivity contribution in [3.05, 3.63) is 13.2 Å². The molecule has 0 saturated carbocycles. The summed E-state index contributed by atoms with van der Waals surface area (Å²) in [7, 11) is 0. The Morgan fingerprint density at radius 1 is 0.812 bits per heavy atom. The Morgan fingerprint density at radius 2 is 0.875 bits per heavy atom. The Kier molecular flexibility index (Phi) is 39.1. The number of aliphatic carboxylic acids is 2. The van der Waals surface area contributed by atoms with Gasteiger partial charge >= 0.3 is 59.1 Å². The Morgan fingerprint density at radius 3 is 0.875 bits per heavy atom. The van der Waals surface area contributed by atoms with E-state index in [0.29, 0.717) is 0 Å². The van der Waals surface area contributed by atoms with E-state index in [9.17, 15) is 19.8 Å². The van der Waals surface area contributed by atoms with Crippen molar-refractivity contribution in [2.45, 2.75) is 12.3 Å². The minimum absolute atomic E-state index is 0. The Labute approximate surface area is 138 Å². The fourth-order valence-electron chi connectivity index (χ4n) is 0. The smallest absolute Gasteiger partial charge is 0.547 e. The molecule has 0 rings (SSSR count). The van der Waals surface area contributed by atoms with Crippen molar-refractivity contribution in [3.8, 4) is 0 Å². The first-order valence-corrected chi connectivity index (χ1v) is 3.23. The van der Waals surface area contributed by atoms with Crippen LogP contribution in [0.3, 0.4) is 0 Å².